The molecule has 0 amide bonds. The molecule has 2 aromatic heterocycles. The van der Waals surface area contributed by atoms with Crippen molar-refractivity contribution >= 4 is 28.5 Å². The predicted molar refractivity (Wildman–Crippen MR) is 76.8 cm³/mol. The first-order chi connectivity index (χ1) is 10.2. The van der Waals surface area contributed by atoms with Crippen LogP contribution in [0.1, 0.15) is 10.6 Å². The fourth-order valence-electron chi connectivity index (χ4n) is 2.14. The van der Waals surface area contributed by atoms with Crippen molar-refractivity contribution in [3.8, 4) is 17.1 Å². The van der Waals surface area contributed by atoms with Crippen LogP contribution in [0.25, 0.3) is 22.3 Å². The lowest BCUT2D eigenvalue weighted by Gasteiger charge is -2.08. The highest BCUT2D eigenvalue weighted by atomic mass is 35.5. The molecule has 6 heteroatoms. The maximum absolute atomic E-state index is 11.6. The fraction of sp³-hybridized carbons (Fsp3) is 0.133. The molecule has 0 N–H and O–H groups in total. The molecule has 0 fully saturated rings. The summed E-state index contributed by atoms with van der Waals surface area (Å²) in [6.45, 7) is 0. The SMILES string of the molecule is COC(=O)c1cc2c(Cl)c(OC)c(-c3ccco3)cc2o1. The van der Waals surface area contributed by atoms with Crippen molar-refractivity contribution in [1.82, 2.24) is 0 Å². The Labute approximate surface area is 125 Å². The molecular formula is C15H11ClO5. The third-order valence-electron chi connectivity index (χ3n) is 3.09. The quantitative estimate of drug-likeness (QED) is 0.680. The van der Waals surface area contributed by atoms with E-state index in [1.54, 1.807) is 24.5 Å². The van der Waals surface area contributed by atoms with Gasteiger partial charge in [-0.15, -0.1) is 0 Å². The molecule has 0 aliphatic rings. The number of carbonyl (C=O) groups is 1. The number of benzene rings is 1. The van der Waals surface area contributed by atoms with Crippen molar-refractivity contribution in [3.05, 3.63) is 41.3 Å². The van der Waals surface area contributed by atoms with E-state index < -0.39 is 5.97 Å². The molecule has 0 radical (unpaired) electrons. The van der Waals surface area contributed by atoms with Gasteiger partial charge in [0.2, 0.25) is 5.76 Å². The van der Waals surface area contributed by atoms with Crippen LogP contribution in [0.15, 0.2) is 39.4 Å². The van der Waals surface area contributed by atoms with Crippen molar-refractivity contribution in [2.24, 2.45) is 0 Å². The third-order valence-corrected chi connectivity index (χ3v) is 3.47. The van der Waals surface area contributed by atoms with Gasteiger partial charge in [0.1, 0.15) is 17.1 Å². The van der Waals surface area contributed by atoms with Crippen molar-refractivity contribution in [1.29, 1.82) is 0 Å². The summed E-state index contributed by atoms with van der Waals surface area (Å²) in [6, 6.07) is 6.78. The van der Waals surface area contributed by atoms with Crippen molar-refractivity contribution in [2.45, 2.75) is 0 Å². The summed E-state index contributed by atoms with van der Waals surface area (Å²) in [4.78, 5) is 11.6. The summed E-state index contributed by atoms with van der Waals surface area (Å²) in [6.07, 6.45) is 1.55. The van der Waals surface area contributed by atoms with Crippen LogP contribution in [0, 0.1) is 0 Å². The Morgan fingerprint density at radius 2 is 2.10 bits per heavy atom. The maximum Gasteiger partial charge on any atom is 0.373 e. The Bertz CT molecular complexity index is 801. The van der Waals surface area contributed by atoms with Crippen molar-refractivity contribution in [2.75, 3.05) is 14.2 Å². The van der Waals surface area contributed by atoms with E-state index in [4.69, 9.17) is 25.2 Å². The molecule has 21 heavy (non-hydrogen) atoms. The van der Waals surface area contributed by atoms with Crippen LogP contribution in [0.3, 0.4) is 0 Å². The van der Waals surface area contributed by atoms with Gasteiger partial charge < -0.3 is 18.3 Å². The lowest BCUT2D eigenvalue weighted by atomic mass is 10.1. The van der Waals surface area contributed by atoms with Gasteiger partial charge in [-0.05, 0) is 18.2 Å². The normalized spacial score (nSPS) is 10.8. The monoisotopic (exact) mass is 306 g/mol. The topological polar surface area (TPSA) is 61.8 Å². The van der Waals surface area contributed by atoms with E-state index in [1.165, 1.54) is 20.3 Å². The zero-order valence-electron chi connectivity index (χ0n) is 11.3. The van der Waals surface area contributed by atoms with E-state index >= 15 is 0 Å². The van der Waals surface area contributed by atoms with Gasteiger partial charge in [-0.3, -0.25) is 0 Å². The van der Waals surface area contributed by atoms with Gasteiger partial charge >= 0.3 is 5.97 Å². The predicted octanol–water partition coefficient (Wildman–Crippen LogP) is 4.14. The van der Waals surface area contributed by atoms with Gasteiger partial charge in [-0.1, -0.05) is 11.6 Å². The number of ether oxygens (including phenoxy) is 2. The van der Waals surface area contributed by atoms with Crippen LogP contribution in [-0.4, -0.2) is 20.2 Å². The van der Waals surface area contributed by atoms with E-state index in [-0.39, 0.29) is 5.76 Å². The smallest absolute Gasteiger partial charge is 0.373 e. The van der Waals surface area contributed by atoms with Crippen molar-refractivity contribution in [3.63, 3.8) is 0 Å². The second-order valence-corrected chi connectivity index (χ2v) is 4.64. The van der Waals surface area contributed by atoms with Crippen LogP contribution in [-0.2, 0) is 4.74 Å². The van der Waals surface area contributed by atoms with Gasteiger partial charge in [0.25, 0.3) is 0 Å². The largest absolute Gasteiger partial charge is 0.494 e. The van der Waals surface area contributed by atoms with Gasteiger partial charge in [0, 0.05) is 11.5 Å². The summed E-state index contributed by atoms with van der Waals surface area (Å²) in [5, 5.41) is 0.921. The van der Waals surface area contributed by atoms with E-state index in [0.717, 1.165) is 0 Å². The minimum atomic E-state index is -0.569. The zero-order valence-corrected chi connectivity index (χ0v) is 12.1. The van der Waals surface area contributed by atoms with E-state index in [0.29, 0.717) is 33.1 Å². The Morgan fingerprint density at radius 3 is 2.71 bits per heavy atom. The number of halogens is 1. The van der Waals surface area contributed by atoms with Gasteiger partial charge in [0.15, 0.2) is 0 Å². The number of esters is 1. The molecule has 0 spiro atoms. The first-order valence-corrected chi connectivity index (χ1v) is 6.45. The number of methoxy groups -OCH3 is 2. The number of rotatable bonds is 3. The second-order valence-electron chi connectivity index (χ2n) is 4.26. The van der Waals surface area contributed by atoms with Crippen LogP contribution in [0.4, 0.5) is 0 Å². The van der Waals surface area contributed by atoms with Gasteiger partial charge in [-0.2, -0.15) is 0 Å². The minimum Gasteiger partial charge on any atom is -0.494 e. The Morgan fingerprint density at radius 1 is 1.29 bits per heavy atom. The number of carbonyl (C=O) groups excluding carboxylic acids is 1. The molecule has 3 rings (SSSR count). The third kappa shape index (κ3) is 2.15. The molecule has 0 atom stereocenters. The molecule has 0 saturated carbocycles. The van der Waals surface area contributed by atoms with Gasteiger partial charge in [0.05, 0.1) is 31.1 Å². The first kappa shape index (κ1) is 13.6. The summed E-state index contributed by atoms with van der Waals surface area (Å²) in [5.41, 5.74) is 1.10. The Kier molecular flexibility index (Phi) is 3.35. The lowest BCUT2D eigenvalue weighted by molar-refractivity contribution is 0.0567. The number of hydrogen-bond acceptors (Lipinski definition) is 5. The zero-order chi connectivity index (χ0) is 15.0. The van der Waals surface area contributed by atoms with Crippen LogP contribution >= 0.6 is 11.6 Å². The summed E-state index contributed by atoms with van der Waals surface area (Å²) in [5.74, 6) is 0.553. The molecule has 0 unspecified atom stereocenters. The Hall–Kier alpha value is -2.40. The lowest BCUT2D eigenvalue weighted by Crippen LogP contribution is -1.97. The summed E-state index contributed by atoms with van der Waals surface area (Å²) in [7, 11) is 2.80. The highest BCUT2D eigenvalue weighted by molar-refractivity contribution is 6.37. The molecule has 0 saturated heterocycles. The average Bonchev–Trinajstić information content (AvgIpc) is 3.15. The average molecular weight is 307 g/mol. The molecular weight excluding hydrogens is 296 g/mol. The van der Waals surface area contributed by atoms with E-state index in [1.807, 2.05) is 0 Å². The van der Waals surface area contributed by atoms with E-state index in [9.17, 15) is 4.79 Å². The molecule has 0 aliphatic heterocycles. The van der Waals surface area contributed by atoms with E-state index in [2.05, 4.69) is 4.74 Å². The number of hydrogen-bond donors (Lipinski definition) is 0. The first-order valence-electron chi connectivity index (χ1n) is 6.08. The molecule has 0 aliphatic carbocycles. The second kappa shape index (κ2) is 5.18. The minimum absolute atomic E-state index is 0.0769. The summed E-state index contributed by atoms with van der Waals surface area (Å²) >= 11 is 6.35. The molecule has 108 valence electrons. The van der Waals surface area contributed by atoms with Crippen LogP contribution < -0.4 is 4.74 Å². The summed E-state index contributed by atoms with van der Waals surface area (Å²) < 4.78 is 20.8. The standard InChI is InChI=1S/C15H11ClO5/c1-18-14-9(10-4-3-5-20-10)7-11-8(13(14)16)6-12(21-11)15(17)19-2/h3-7H,1-2H3. The highest BCUT2D eigenvalue weighted by Crippen LogP contribution is 2.42. The molecule has 0 bridgehead atoms. The number of fused-ring (bicyclic) bond motifs is 1. The maximum atomic E-state index is 11.6. The van der Waals surface area contributed by atoms with Crippen LogP contribution in [0.2, 0.25) is 5.02 Å². The Balaban J connectivity index is 2.28. The number of furan rings is 2. The van der Waals surface area contributed by atoms with Crippen LogP contribution in [0.5, 0.6) is 5.75 Å². The fourth-order valence-corrected chi connectivity index (χ4v) is 2.46. The van der Waals surface area contributed by atoms with Gasteiger partial charge in [-0.25, -0.2) is 4.79 Å². The van der Waals surface area contributed by atoms with Crippen molar-refractivity contribution < 1.29 is 23.1 Å². The molecule has 3 aromatic rings. The molecule has 1 aromatic carbocycles. The highest BCUT2D eigenvalue weighted by Gasteiger charge is 2.21. The molecule has 2 heterocycles. The molecule has 5 nitrogen and oxygen atoms in total.